The van der Waals surface area contributed by atoms with Gasteiger partial charge in [-0.3, -0.25) is 0 Å². The number of amides is 1. The molecule has 11 nitrogen and oxygen atoms in total. The second kappa shape index (κ2) is 12.2. The number of alkyl carbamates (subject to hydrolysis) is 1. The summed E-state index contributed by atoms with van der Waals surface area (Å²) in [6.07, 6.45) is 9.39. The lowest BCUT2D eigenvalue weighted by Gasteiger charge is -2.23. The van der Waals surface area contributed by atoms with Crippen LogP contribution in [-0.2, 0) is 14.2 Å². The highest BCUT2D eigenvalue weighted by atomic mass is 16.6. The predicted molar refractivity (Wildman–Crippen MR) is 135 cm³/mol. The number of rotatable bonds is 11. The molecule has 4 heterocycles. The highest BCUT2D eigenvalue weighted by Gasteiger charge is 2.21. The molecule has 1 aliphatic rings. The van der Waals surface area contributed by atoms with Gasteiger partial charge in [-0.15, -0.1) is 0 Å². The van der Waals surface area contributed by atoms with Gasteiger partial charge in [-0.1, -0.05) is 5.16 Å². The second-order valence-corrected chi connectivity index (χ2v) is 9.79. The number of carbonyl (C=O) groups excluding carboxylic acids is 1. The van der Waals surface area contributed by atoms with Gasteiger partial charge in [-0.25, -0.2) is 14.5 Å². The maximum absolute atomic E-state index is 11.7. The van der Waals surface area contributed by atoms with E-state index < -0.39 is 11.7 Å². The summed E-state index contributed by atoms with van der Waals surface area (Å²) in [5.41, 5.74) is 2.02. The molecule has 1 fully saturated rings. The van der Waals surface area contributed by atoms with Gasteiger partial charge in [-0.2, -0.15) is 5.10 Å². The molecule has 1 atom stereocenters. The van der Waals surface area contributed by atoms with Gasteiger partial charge in [0.2, 0.25) is 0 Å². The first kappa shape index (κ1) is 25.9. The van der Waals surface area contributed by atoms with Crippen molar-refractivity contribution in [2.45, 2.75) is 64.7 Å². The van der Waals surface area contributed by atoms with Crippen molar-refractivity contribution in [3.63, 3.8) is 0 Å². The first-order valence-electron chi connectivity index (χ1n) is 12.6. The van der Waals surface area contributed by atoms with Crippen LogP contribution >= 0.6 is 0 Å². The number of nitrogens with zero attached hydrogens (tertiary/aromatic N) is 4. The molecule has 1 aliphatic heterocycles. The molecule has 2 N–H and O–H groups in total. The third-order valence-electron chi connectivity index (χ3n) is 5.67. The Hall–Kier alpha value is -3.18. The fourth-order valence-electron chi connectivity index (χ4n) is 3.98. The molecule has 0 saturated carbocycles. The van der Waals surface area contributed by atoms with Crippen LogP contribution in [0.25, 0.3) is 22.2 Å². The molecule has 0 bridgehead atoms. The summed E-state index contributed by atoms with van der Waals surface area (Å²) < 4.78 is 23.9. The molecule has 0 aliphatic carbocycles. The van der Waals surface area contributed by atoms with Crippen LogP contribution in [0.15, 0.2) is 29.2 Å². The van der Waals surface area contributed by atoms with E-state index in [-0.39, 0.29) is 6.23 Å². The smallest absolute Gasteiger partial charge is 0.407 e. The van der Waals surface area contributed by atoms with E-state index in [1.807, 2.05) is 37.7 Å². The minimum absolute atomic E-state index is 0.0741. The van der Waals surface area contributed by atoms with Crippen LogP contribution in [0, 0.1) is 0 Å². The van der Waals surface area contributed by atoms with E-state index in [2.05, 4.69) is 20.9 Å². The molecular weight excluding hydrogens is 464 g/mol. The first-order chi connectivity index (χ1) is 17.4. The maximum Gasteiger partial charge on any atom is 0.407 e. The van der Waals surface area contributed by atoms with E-state index in [0.717, 1.165) is 66.7 Å². The van der Waals surface area contributed by atoms with Gasteiger partial charge in [0.25, 0.3) is 0 Å². The predicted octanol–water partition coefficient (Wildman–Crippen LogP) is 4.52. The molecule has 1 amide bonds. The van der Waals surface area contributed by atoms with E-state index in [1.54, 1.807) is 12.5 Å². The zero-order valence-electron chi connectivity index (χ0n) is 21.3. The van der Waals surface area contributed by atoms with Crippen molar-refractivity contribution in [1.29, 1.82) is 0 Å². The van der Waals surface area contributed by atoms with Crippen LogP contribution in [0.2, 0.25) is 0 Å². The van der Waals surface area contributed by atoms with Crippen LogP contribution in [0.3, 0.4) is 0 Å². The second-order valence-electron chi connectivity index (χ2n) is 9.79. The minimum Gasteiger partial charge on any atom is -0.444 e. The number of nitrogens with one attached hydrogen (secondary N) is 2. The van der Waals surface area contributed by atoms with Gasteiger partial charge in [0.05, 0.1) is 41.2 Å². The van der Waals surface area contributed by atoms with Gasteiger partial charge >= 0.3 is 6.09 Å². The van der Waals surface area contributed by atoms with Crippen molar-refractivity contribution >= 4 is 22.8 Å². The van der Waals surface area contributed by atoms with Crippen molar-refractivity contribution in [1.82, 2.24) is 25.2 Å². The monoisotopic (exact) mass is 500 g/mol. The van der Waals surface area contributed by atoms with Crippen LogP contribution in [0.4, 0.5) is 10.6 Å². The van der Waals surface area contributed by atoms with Gasteiger partial charge in [0.15, 0.2) is 6.23 Å². The molecule has 36 heavy (non-hydrogen) atoms. The van der Waals surface area contributed by atoms with E-state index >= 15 is 0 Å². The molecule has 11 heteroatoms. The molecule has 1 saturated heterocycles. The molecule has 196 valence electrons. The number of hydrogen-bond donors (Lipinski definition) is 2. The summed E-state index contributed by atoms with van der Waals surface area (Å²) in [5, 5.41) is 15.5. The van der Waals surface area contributed by atoms with Crippen molar-refractivity contribution in [3.8, 4) is 11.3 Å². The number of fused-ring (bicyclic) bond motifs is 1. The van der Waals surface area contributed by atoms with E-state index in [4.69, 9.17) is 23.7 Å². The number of carbonyl (C=O) groups is 1. The Morgan fingerprint density at radius 1 is 1.19 bits per heavy atom. The Morgan fingerprint density at radius 3 is 2.83 bits per heavy atom. The normalized spacial score (nSPS) is 16.2. The topological polar surface area (TPSA) is 126 Å². The number of hydrogen-bond acceptors (Lipinski definition) is 9. The summed E-state index contributed by atoms with van der Waals surface area (Å²) in [4.78, 5) is 16.4. The summed E-state index contributed by atoms with van der Waals surface area (Å²) in [7, 11) is 0. The SMILES string of the molecule is CC(C)(C)OC(=O)NCCCCOCCNc1nc(-c2cnoc2)cc2c1cnn2C1CCCCO1. The van der Waals surface area contributed by atoms with E-state index in [1.165, 1.54) is 0 Å². The van der Waals surface area contributed by atoms with E-state index in [9.17, 15) is 4.79 Å². The van der Waals surface area contributed by atoms with Gasteiger partial charge in [-0.05, 0) is 58.9 Å². The number of ether oxygens (including phenoxy) is 3. The quantitative estimate of drug-likeness (QED) is 0.365. The number of aromatic nitrogens is 4. The number of unbranched alkanes of at least 4 members (excludes halogenated alkanes) is 1. The molecule has 3 aromatic heterocycles. The zero-order valence-corrected chi connectivity index (χ0v) is 21.3. The minimum atomic E-state index is -0.488. The van der Waals surface area contributed by atoms with Crippen LogP contribution in [0.1, 0.15) is 59.1 Å². The lowest BCUT2D eigenvalue weighted by atomic mass is 10.1. The van der Waals surface area contributed by atoms with Crippen molar-refractivity contribution in [3.05, 3.63) is 24.7 Å². The summed E-state index contributed by atoms with van der Waals surface area (Å²) in [5.74, 6) is 0.732. The standard InChI is InChI=1S/C25H36N6O5/c1-25(2,3)36-24(32)27-9-5-7-11-33-13-10-26-23-19-16-28-31(22-8-4-6-12-34-22)21(19)14-20(30-23)18-15-29-35-17-18/h14-17,22H,4-13H2,1-3H3,(H,26,30)(H,27,32). The molecule has 0 radical (unpaired) electrons. The Balaban J connectivity index is 1.28. The molecule has 1 unspecified atom stereocenters. The van der Waals surface area contributed by atoms with Crippen LogP contribution in [-0.4, -0.2) is 64.5 Å². The highest BCUT2D eigenvalue weighted by molar-refractivity contribution is 5.92. The third kappa shape index (κ3) is 7.17. The lowest BCUT2D eigenvalue weighted by Crippen LogP contribution is -2.33. The van der Waals surface area contributed by atoms with Gasteiger partial charge in [0.1, 0.15) is 17.7 Å². The number of anilines is 1. The fourth-order valence-corrected chi connectivity index (χ4v) is 3.98. The molecule has 3 aromatic rings. The van der Waals surface area contributed by atoms with Gasteiger partial charge in [0, 0.05) is 26.3 Å². The van der Waals surface area contributed by atoms with Crippen molar-refractivity contribution in [2.75, 3.05) is 38.2 Å². The van der Waals surface area contributed by atoms with Crippen molar-refractivity contribution < 1.29 is 23.5 Å². The van der Waals surface area contributed by atoms with Crippen LogP contribution in [0.5, 0.6) is 0 Å². The first-order valence-corrected chi connectivity index (χ1v) is 12.6. The summed E-state index contributed by atoms with van der Waals surface area (Å²) in [6.45, 7) is 8.57. The Kier molecular flexibility index (Phi) is 8.76. The Labute approximate surface area is 210 Å². The fraction of sp³-hybridized carbons (Fsp3) is 0.600. The average Bonchev–Trinajstić information content (AvgIpc) is 3.53. The van der Waals surface area contributed by atoms with Gasteiger partial charge < -0.3 is 29.4 Å². The maximum atomic E-state index is 11.7. The van der Waals surface area contributed by atoms with Crippen LogP contribution < -0.4 is 10.6 Å². The third-order valence-corrected chi connectivity index (χ3v) is 5.67. The lowest BCUT2D eigenvalue weighted by molar-refractivity contribution is -0.0366. The molecule has 0 aromatic carbocycles. The zero-order chi connectivity index (χ0) is 25.4. The molecule has 0 spiro atoms. The average molecular weight is 501 g/mol. The summed E-state index contributed by atoms with van der Waals surface area (Å²) in [6, 6.07) is 2.00. The highest BCUT2D eigenvalue weighted by Crippen LogP contribution is 2.31. The Morgan fingerprint density at radius 2 is 2.08 bits per heavy atom. The number of pyridine rings is 1. The van der Waals surface area contributed by atoms with Crippen molar-refractivity contribution in [2.24, 2.45) is 0 Å². The summed E-state index contributed by atoms with van der Waals surface area (Å²) >= 11 is 0. The molecule has 4 rings (SSSR count). The van der Waals surface area contributed by atoms with E-state index in [0.29, 0.717) is 26.3 Å². The molecular formula is C25H36N6O5. The largest absolute Gasteiger partial charge is 0.444 e. The Bertz CT molecular complexity index is 1100.